The van der Waals surface area contributed by atoms with Crippen LogP contribution in [-0.4, -0.2) is 17.8 Å². The lowest BCUT2D eigenvalue weighted by Gasteiger charge is -2.30. The highest BCUT2D eigenvalue weighted by Crippen LogP contribution is 2.34. The molecule has 1 N–H and O–H groups in total. The van der Waals surface area contributed by atoms with Crippen LogP contribution in [0.1, 0.15) is 30.6 Å². The molecule has 0 radical (unpaired) electrons. The number of aliphatic hydroxyl groups is 1. The molecule has 0 saturated heterocycles. The molecule has 0 bridgehead atoms. The number of hydrogen-bond acceptors (Lipinski definition) is 3. The normalized spacial score (nSPS) is 18.3. The van der Waals surface area contributed by atoms with Gasteiger partial charge in [0.25, 0.3) is 0 Å². The van der Waals surface area contributed by atoms with E-state index < -0.39 is 6.10 Å². The molecule has 1 aliphatic rings. The lowest BCUT2D eigenvalue weighted by Crippen LogP contribution is -2.34. The Morgan fingerprint density at radius 1 is 1.14 bits per heavy atom. The van der Waals surface area contributed by atoms with Crippen LogP contribution in [0.5, 0.6) is 11.5 Å². The van der Waals surface area contributed by atoms with Gasteiger partial charge in [-0.05, 0) is 29.7 Å². The maximum Gasteiger partial charge on any atom is 0.163 e. The molecule has 0 aliphatic carbocycles. The summed E-state index contributed by atoms with van der Waals surface area (Å²) < 4.78 is 11.5. The van der Waals surface area contributed by atoms with Crippen LogP contribution in [0.25, 0.3) is 0 Å². The first-order valence-electron chi connectivity index (χ1n) is 7.43. The minimum Gasteiger partial charge on any atom is -0.486 e. The smallest absolute Gasteiger partial charge is 0.163 e. The summed E-state index contributed by atoms with van der Waals surface area (Å²) in [6, 6.07) is 15.6. The topological polar surface area (TPSA) is 38.7 Å². The van der Waals surface area contributed by atoms with Gasteiger partial charge in [-0.3, -0.25) is 0 Å². The molecule has 0 fully saturated rings. The van der Waals surface area contributed by atoms with Crippen LogP contribution in [0.4, 0.5) is 0 Å². The monoisotopic (exact) mass is 284 g/mol. The standard InChI is InChI=1S/C18H20O3/c1-2-6-13-7-5-8-14(11-13)18(19)17-12-20-15-9-3-4-10-16(15)21-17/h3-5,7-11,17-19H,2,6,12H2,1H3. The fourth-order valence-corrected chi connectivity index (χ4v) is 2.63. The first kappa shape index (κ1) is 14.0. The predicted octanol–water partition coefficient (Wildman–Crippen LogP) is 3.51. The second-order valence-electron chi connectivity index (χ2n) is 5.35. The van der Waals surface area contributed by atoms with Crippen LogP contribution in [0, 0.1) is 0 Å². The van der Waals surface area contributed by atoms with Crippen molar-refractivity contribution in [1.29, 1.82) is 0 Å². The molecule has 1 heterocycles. The molecular formula is C18H20O3. The number of rotatable bonds is 4. The highest BCUT2D eigenvalue weighted by atomic mass is 16.6. The summed E-state index contributed by atoms with van der Waals surface area (Å²) in [5.74, 6) is 1.43. The zero-order chi connectivity index (χ0) is 14.7. The largest absolute Gasteiger partial charge is 0.486 e. The summed E-state index contributed by atoms with van der Waals surface area (Å²) in [5, 5.41) is 10.6. The third-order valence-electron chi connectivity index (χ3n) is 3.71. The van der Waals surface area contributed by atoms with Gasteiger partial charge in [0.05, 0.1) is 0 Å². The molecule has 110 valence electrons. The highest BCUT2D eigenvalue weighted by Gasteiger charge is 2.28. The van der Waals surface area contributed by atoms with Crippen LogP contribution in [0.15, 0.2) is 48.5 Å². The second-order valence-corrected chi connectivity index (χ2v) is 5.35. The lowest BCUT2D eigenvalue weighted by molar-refractivity contribution is -0.0113. The summed E-state index contributed by atoms with van der Waals surface area (Å²) in [7, 11) is 0. The van der Waals surface area contributed by atoms with Crippen molar-refractivity contribution >= 4 is 0 Å². The molecule has 0 saturated carbocycles. The average molecular weight is 284 g/mol. The zero-order valence-electron chi connectivity index (χ0n) is 12.2. The van der Waals surface area contributed by atoms with Gasteiger partial charge in [-0.2, -0.15) is 0 Å². The van der Waals surface area contributed by atoms with E-state index in [1.165, 1.54) is 5.56 Å². The van der Waals surface area contributed by atoms with Gasteiger partial charge in [0.2, 0.25) is 0 Å². The molecule has 2 unspecified atom stereocenters. The van der Waals surface area contributed by atoms with Crippen molar-refractivity contribution in [3.8, 4) is 11.5 Å². The number of aryl methyl sites for hydroxylation is 1. The summed E-state index contributed by atoms with van der Waals surface area (Å²) in [6.45, 7) is 2.51. The van der Waals surface area contributed by atoms with Gasteiger partial charge in [0.1, 0.15) is 12.7 Å². The SMILES string of the molecule is CCCc1cccc(C(O)C2COc3ccccc3O2)c1. The number of aliphatic hydroxyl groups excluding tert-OH is 1. The van der Waals surface area contributed by atoms with E-state index in [1.54, 1.807) is 0 Å². The van der Waals surface area contributed by atoms with Gasteiger partial charge in [-0.25, -0.2) is 0 Å². The molecule has 2 aromatic carbocycles. The van der Waals surface area contributed by atoms with Gasteiger partial charge in [0, 0.05) is 0 Å². The van der Waals surface area contributed by atoms with Crippen LogP contribution in [0.2, 0.25) is 0 Å². The van der Waals surface area contributed by atoms with Crippen molar-refractivity contribution in [2.45, 2.75) is 32.0 Å². The van der Waals surface area contributed by atoms with E-state index in [4.69, 9.17) is 9.47 Å². The summed E-state index contributed by atoms with van der Waals surface area (Å²) in [5.41, 5.74) is 2.13. The van der Waals surface area contributed by atoms with Gasteiger partial charge in [-0.15, -0.1) is 0 Å². The van der Waals surface area contributed by atoms with E-state index in [2.05, 4.69) is 19.1 Å². The average Bonchev–Trinajstić information content (AvgIpc) is 2.54. The van der Waals surface area contributed by atoms with Crippen molar-refractivity contribution in [3.63, 3.8) is 0 Å². The number of ether oxygens (including phenoxy) is 2. The molecule has 3 nitrogen and oxygen atoms in total. The minimum atomic E-state index is -0.685. The zero-order valence-corrected chi connectivity index (χ0v) is 12.2. The van der Waals surface area contributed by atoms with E-state index in [-0.39, 0.29) is 6.10 Å². The summed E-state index contributed by atoms with van der Waals surface area (Å²) in [4.78, 5) is 0. The van der Waals surface area contributed by atoms with Crippen molar-refractivity contribution in [3.05, 3.63) is 59.7 Å². The molecule has 2 aromatic rings. The highest BCUT2D eigenvalue weighted by molar-refractivity contribution is 5.41. The lowest BCUT2D eigenvalue weighted by atomic mass is 10.00. The van der Waals surface area contributed by atoms with E-state index in [0.717, 1.165) is 24.2 Å². The van der Waals surface area contributed by atoms with Crippen LogP contribution >= 0.6 is 0 Å². The van der Waals surface area contributed by atoms with E-state index in [1.807, 2.05) is 36.4 Å². The Morgan fingerprint density at radius 2 is 1.95 bits per heavy atom. The molecule has 3 rings (SSSR count). The van der Waals surface area contributed by atoms with Crippen LogP contribution < -0.4 is 9.47 Å². The Balaban J connectivity index is 1.77. The molecule has 0 spiro atoms. The van der Waals surface area contributed by atoms with Gasteiger partial charge >= 0.3 is 0 Å². The fourth-order valence-electron chi connectivity index (χ4n) is 2.63. The molecule has 3 heteroatoms. The van der Waals surface area contributed by atoms with Crippen LogP contribution in [-0.2, 0) is 6.42 Å². The van der Waals surface area contributed by atoms with Crippen molar-refractivity contribution in [2.24, 2.45) is 0 Å². The third kappa shape index (κ3) is 3.03. The Morgan fingerprint density at radius 3 is 2.76 bits per heavy atom. The summed E-state index contributed by atoms with van der Waals surface area (Å²) >= 11 is 0. The molecule has 21 heavy (non-hydrogen) atoms. The van der Waals surface area contributed by atoms with Crippen molar-refractivity contribution in [2.75, 3.05) is 6.61 Å². The van der Waals surface area contributed by atoms with Crippen molar-refractivity contribution < 1.29 is 14.6 Å². The number of fused-ring (bicyclic) bond motifs is 1. The van der Waals surface area contributed by atoms with E-state index in [0.29, 0.717) is 12.4 Å². The molecule has 0 aromatic heterocycles. The second kappa shape index (κ2) is 6.19. The minimum absolute atomic E-state index is 0.357. The Kier molecular flexibility index (Phi) is 4.11. The quantitative estimate of drug-likeness (QED) is 0.933. The van der Waals surface area contributed by atoms with Crippen LogP contribution in [0.3, 0.4) is 0 Å². The molecule has 0 amide bonds. The molecular weight excluding hydrogens is 264 g/mol. The summed E-state index contributed by atoms with van der Waals surface area (Å²) in [6.07, 6.45) is 1.05. The fraction of sp³-hybridized carbons (Fsp3) is 0.333. The maximum atomic E-state index is 10.6. The first-order valence-corrected chi connectivity index (χ1v) is 7.43. The molecule has 2 atom stereocenters. The Hall–Kier alpha value is -2.00. The number of para-hydroxylation sites is 2. The first-order chi connectivity index (χ1) is 10.3. The van der Waals surface area contributed by atoms with Gasteiger partial charge < -0.3 is 14.6 Å². The Bertz CT molecular complexity index is 609. The number of hydrogen-bond donors (Lipinski definition) is 1. The van der Waals surface area contributed by atoms with E-state index in [9.17, 15) is 5.11 Å². The van der Waals surface area contributed by atoms with Gasteiger partial charge in [0.15, 0.2) is 17.6 Å². The third-order valence-corrected chi connectivity index (χ3v) is 3.71. The number of benzene rings is 2. The maximum absolute atomic E-state index is 10.6. The molecule has 1 aliphatic heterocycles. The van der Waals surface area contributed by atoms with Gasteiger partial charge in [-0.1, -0.05) is 49.7 Å². The van der Waals surface area contributed by atoms with Crippen molar-refractivity contribution in [1.82, 2.24) is 0 Å². The Labute approximate surface area is 125 Å². The van der Waals surface area contributed by atoms with E-state index >= 15 is 0 Å². The predicted molar refractivity (Wildman–Crippen MR) is 81.7 cm³/mol.